The molecule has 33 heavy (non-hydrogen) atoms. The van der Waals surface area contributed by atoms with Crippen molar-refractivity contribution in [2.75, 3.05) is 17.8 Å². The topological polar surface area (TPSA) is 112 Å². The first kappa shape index (κ1) is 22.5. The van der Waals surface area contributed by atoms with E-state index in [4.69, 9.17) is 32.7 Å². The Bertz CT molecular complexity index is 1290. The van der Waals surface area contributed by atoms with Gasteiger partial charge in [0.1, 0.15) is 31.1 Å². The van der Waals surface area contributed by atoms with E-state index in [0.717, 1.165) is 5.69 Å². The number of rotatable bonds is 9. The molecule has 0 amide bonds. The van der Waals surface area contributed by atoms with E-state index in [1.807, 2.05) is 18.2 Å². The molecule has 0 atom stereocenters. The Morgan fingerprint density at radius 2 is 1.91 bits per heavy atom. The molecule has 2 aromatic carbocycles. The van der Waals surface area contributed by atoms with Gasteiger partial charge in [-0.15, -0.1) is 11.6 Å². The first-order valence-electron chi connectivity index (χ1n) is 9.76. The number of hydrogen-bond acceptors (Lipinski definition) is 8. The summed E-state index contributed by atoms with van der Waals surface area (Å²) in [4.78, 5) is 23.7. The SMILES string of the molecule is O=[N+]([O-])c1cc2c(Nc3ccc(OCc4ccccn4)c(Cl)c3)ncnc2cc1OCCCl. The zero-order valence-electron chi connectivity index (χ0n) is 17.1. The molecule has 0 saturated carbocycles. The molecular weight excluding hydrogens is 469 g/mol. The van der Waals surface area contributed by atoms with E-state index in [-0.39, 0.29) is 30.5 Å². The number of anilines is 2. The molecule has 9 nitrogen and oxygen atoms in total. The number of aromatic nitrogens is 3. The third-order valence-corrected chi connectivity index (χ3v) is 4.99. The molecule has 2 aromatic heterocycles. The van der Waals surface area contributed by atoms with Gasteiger partial charge < -0.3 is 14.8 Å². The minimum atomic E-state index is -0.523. The minimum absolute atomic E-state index is 0.0928. The average molecular weight is 486 g/mol. The Hall–Kier alpha value is -3.69. The molecule has 2 heterocycles. The van der Waals surface area contributed by atoms with Crippen molar-refractivity contribution < 1.29 is 14.4 Å². The number of alkyl halides is 1. The highest BCUT2D eigenvalue weighted by Crippen LogP contribution is 2.35. The smallest absolute Gasteiger partial charge is 0.311 e. The van der Waals surface area contributed by atoms with Crippen LogP contribution in [0, 0.1) is 10.1 Å². The second kappa shape index (κ2) is 10.3. The van der Waals surface area contributed by atoms with Gasteiger partial charge in [-0.3, -0.25) is 15.1 Å². The van der Waals surface area contributed by atoms with Crippen LogP contribution in [0.5, 0.6) is 11.5 Å². The second-order valence-electron chi connectivity index (χ2n) is 6.73. The molecule has 0 aliphatic heterocycles. The summed E-state index contributed by atoms with van der Waals surface area (Å²) >= 11 is 12.0. The zero-order chi connectivity index (χ0) is 23.2. The fraction of sp³-hybridized carbons (Fsp3) is 0.136. The molecule has 0 bridgehead atoms. The molecule has 4 rings (SSSR count). The van der Waals surface area contributed by atoms with Gasteiger partial charge >= 0.3 is 5.69 Å². The second-order valence-corrected chi connectivity index (χ2v) is 7.52. The molecule has 0 aliphatic carbocycles. The summed E-state index contributed by atoms with van der Waals surface area (Å²) in [6.45, 7) is 0.416. The quantitative estimate of drug-likeness (QED) is 0.187. The summed E-state index contributed by atoms with van der Waals surface area (Å²) in [6.07, 6.45) is 3.05. The van der Waals surface area contributed by atoms with Crippen LogP contribution in [0.4, 0.5) is 17.2 Å². The van der Waals surface area contributed by atoms with Gasteiger partial charge in [0, 0.05) is 24.0 Å². The van der Waals surface area contributed by atoms with Gasteiger partial charge in [0.25, 0.3) is 0 Å². The lowest BCUT2D eigenvalue weighted by Gasteiger charge is -2.12. The number of nitro benzene ring substituents is 1. The van der Waals surface area contributed by atoms with Crippen molar-refractivity contribution in [3.63, 3.8) is 0 Å². The number of nitrogens with one attached hydrogen (secondary N) is 1. The van der Waals surface area contributed by atoms with Gasteiger partial charge in [-0.25, -0.2) is 9.97 Å². The molecule has 0 fully saturated rings. The number of pyridine rings is 1. The molecule has 0 spiro atoms. The van der Waals surface area contributed by atoms with E-state index in [1.165, 1.54) is 18.5 Å². The number of nitrogens with zero attached hydrogens (tertiary/aromatic N) is 4. The zero-order valence-corrected chi connectivity index (χ0v) is 18.6. The highest BCUT2D eigenvalue weighted by atomic mass is 35.5. The first-order valence-corrected chi connectivity index (χ1v) is 10.7. The lowest BCUT2D eigenvalue weighted by atomic mass is 10.2. The monoisotopic (exact) mass is 485 g/mol. The maximum Gasteiger partial charge on any atom is 0.311 e. The summed E-state index contributed by atoms with van der Waals surface area (Å²) < 4.78 is 11.1. The summed E-state index contributed by atoms with van der Waals surface area (Å²) in [5, 5.41) is 15.5. The molecule has 0 aliphatic rings. The summed E-state index contributed by atoms with van der Waals surface area (Å²) in [5.41, 5.74) is 1.67. The summed E-state index contributed by atoms with van der Waals surface area (Å²) in [7, 11) is 0. The Balaban J connectivity index is 1.58. The summed E-state index contributed by atoms with van der Waals surface area (Å²) in [6, 6.07) is 13.6. The van der Waals surface area contributed by atoms with E-state index in [2.05, 4.69) is 20.3 Å². The maximum atomic E-state index is 11.5. The highest BCUT2D eigenvalue weighted by molar-refractivity contribution is 6.32. The van der Waals surface area contributed by atoms with E-state index in [1.54, 1.807) is 24.4 Å². The normalized spacial score (nSPS) is 10.7. The molecule has 0 saturated heterocycles. The molecular formula is C22H17Cl2N5O4. The number of benzene rings is 2. The minimum Gasteiger partial charge on any atom is -0.486 e. The standard InChI is InChI=1S/C22H17Cl2N5O4/c23-6-8-32-21-11-18-16(10-19(21)29(30)31)22(27-13-26-18)28-14-4-5-20(17(24)9-14)33-12-15-3-1-2-7-25-15/h1-5,7,9-11,13H,6,8,12H2,(H,26,27,28). The van der Waals surface area contributed by atoms with Crippen LogP contribution in [0.25, 0.3) is 10.9 Å². The number of halogens is 2. The Morgan fingerprint density at radius 1 is 1.03 bits per heavy atom. The predicted molar refractivity (Wildman–Crippen MR) is 126 cm³/mol. The van der Waals surface area contributed by atoms with Crippen molar-refractivity contribution in [2.24, 2.45) is 0 Å². The van der Waals surface area contributed by atoms with Crippen LogP contribution in [0.15, 0.2) is 61.1 Å². The van der Waals surface area contributed by atoms with Crippen molar-refractivity contribution in [3.8, 4) is 11.5 Å². The molecule has 0 unspecified atom stereocenters. The third kappa shape index (κ3) is 5.39. The van der Waals surface area contributed by atoms with Gasteiger partial charge in [0.15, 0.2) is 5.75 Å². The van der Waals surface area contributed by atoms with Crippen molar-refractivity contribution in [1.82, 2.24) is 15.0 Å². The Morgan fingerprint density at radius 3 is 2.64 bits per heavy atom. The van der Waals surface area contributed by atoms with E-state index in [0.29, 0.717) is 33.2 Å². The van der Waals surface area contributed by atoms with Crippen LogP contribution in [0.2, 0.25) is 5.02 Å². The third-order valence-electron chi connectivity index (χ3n) is 4.54. The highest BCUT2D eigenvalue weighted by Gasteiger charge is 2.19. The van der Waals surface area contributed by atoms with Gasteiger partial charge in [0.05, 0.1) is 32.4 Å². The van der Waals surface area contributed by atoms with Crippen molar-refractivity contribution in [2.45, 2.75) is 6.61 Å². The van der Waals surface area contributed by atoms with Gasteiger partial charge in [-0.2, -0.15) is 0 Å². The van der Waals surface area contributed by atoms with Crippen LogP contribution in [0.1, 0.15) is 5.69 Å². The fourth-order valence-corrected chi connectivity index (χ4v) is 3.36. The van der Waals surface area contributed by atoms with Crippen LogP contribution >= 0.6 is 23.2 Å². The Labute approximate surface area is 198 Å². The van der Waals surface area contributed by atoms with Crippen LogP contribution in [-0.4, -0.2) is 32.4 Å². The van der Waals surface area contributed by atoms with E-state index >= 15 is 0 Å². The molecule has 0 radical (unpaired) electrons. The molecule has 168 valence electrons. The molecule has 4 aromatic rings. The summed E-state index contributed by atoms with van der Waals surface area (Å²) in [5.74, 6) is 1.17. The number of hydrogen-bond donors (Lipinski definition) is 1. The fourth-order valence-electron chi connectivity index (χ4n) is 3.05. The van der Waals surface area contributed by atoms with Crippen molar-refractivity contribution in [3.05, 3.63) is 81.9 Å². The van der Waals surface area contributed by atoms with Crippen molar-refractivity contribution >= 4 is 51.3 Å². The molecule has 11 heteroatoms. The van der Waals surface area contributed by atoms with E-state index < -0.39 is 4.92 Å². The largest absolute Gasteiger partial charge is 0.486 e. The van der Waals surface area contributed by atoms with E-state index in [9.17, 15) is 10.1 Å². The van der Waals surface area contributed by atoms with Gasteiger partial charge in [0.2, 0.25) is 0 Å². The number of nitro groups is 1. The predicted octanol–water partition coefficient (Wildman–Crippen LogP) is 5.53. The van der Waals surface area contributed by atoms with Crippen LogP contribution in [0.3, 0.4) is 0 Å². The number of ether oxygens (including phenoxy) is 2. The average Bonchev–Trinajstić information content (AvgIpc) is 2.82. The van der Waals surface area contributed by atoms with Gasteiger partial charge in [-0.05, 0) is 30.3 Å². The van der Waals surface area contributed by atoms with Crippen molar-refractivity contribution in [1.29, 1.82) is 0 Å². The van der Waals surface area contributed by atoms with Gasteiger partial charge in [-0.1, -0.05) is 17.7 Å². The van der Waals surface area contributed by atoms with Crippen LogP contribution < -0.4 is 14.8 Å². The Kier molecular flexibility index (Phi) is 7.01. The maximum absolute atomic E-state index is 11.5. The lowest BCUT2D eigenvalue weighted by molar-refractivity contribution is -0.385. The number of fused-ring (bicyclic) bond motifs is 1. The lowest BCUT2D eigenvalue weighted by Crippen LogP contribution is -2.03. The first-order chi connectivity index (χ1) is 16.0. The van der Waals surface area contributed by atoms with Crippen LogP contribution in [-0.2, 0) is 6.61 Å². The molecule has 1 N–H and O–H groups in total.